The third kappa shape index (κ3) is 4.02. The lowest BCUT2D eigenvalue weighted by Gasteiger charge is -2.37. The highest BCUT2D eigenvalue weighted by atomic mass is 14.3. The highest BCUT2D eigenvalue weighted by molar-refractivity contribution is 4.80. The Hall–Kier alpha value is 0. The van der Waals surface area contributed by atoms with E-state index < -0.39 is 0 Å². The van der Waals surface area contributed by atoms with Crippen molar-refractivity contribution < 1.29 is 0 Å². The molecule has 86 valence electrons. The average Bonchev–Trinajstić information content (AvgIpc) is 2.19. The summed E-state index contributed by atoms with van der Waals surface area (Å²) in [5.74, 6) is 0.951. The van der Waals surface area contributed by atoms with Crippen LogP contribution in [-0.4, -0.2) is 0 Å². The van der Waals surface area contributed by atoms with Crippen LogP contribution in [0.5, 0.6) is 0 Å². The lowest BCUT2D eigenvalue weighted by atomic mass is 9.69. The molecule has 0 nitrogen and oxygen atoms in total. The van der Waals surface area contributed by atoms with Gasteiger partial charge in [-0.05, 0) is 24.2 Å². The molecular weight excluding hydrogens is 168 g/mol. The highest BCUT2D eigenvalue weighted by Gasteiger charge is 2.29. The SMILES string of the molecule is CCCCC(CC)C(C)(CC)CCC. The lowest BCUT2D eigenvalue weighted by molar-refractivity contribution is 0.141. The summed E-state index contributed by atoms with van der Waals surface area (Å²) >= 11 is 0. The maximum Gasteiger partial charge on any atom is -0.0300 e. The van der Waals surface area contributed by atoms with E-state index in [-0.39, 0.29) is 0 Å². The second-order valence-electron chi connectivity index (χ2n) is 5.00. The summed E-state index contributed by atoms with van der Waals surface area (Å²) in [6, 6.07) is 0. The zero-order chi connectivity index (χ0) is 11.0. The first-order chi connectivity index (χ1) is 6.64. The van der Waals surface area contributed by atoms with Crippen molar-refractivity contribution in [3.8, 4) is 0 Å². The monoisotopic (exact) mass is 198 g/mol. The van der Waals surface area contributed by atoms with E-state index in [0.717, 1.165) is 5.92 Å². The van der Waals surface area contributed by atoms with Gasteiger partial charge < -0.3 is 0 Å². The summed E-state index contributed by atoms with van der Waals surface area (Å²) in [5.41, 5.74) is 0.610. The predicted octanol–water partition coefficient (Wildman–Crippen LogP) is 5.42. The zero-order valence-corrected chi connectivity index (χ0v) is 11.0. The van der Waals surface area contributed by atoms with Gasteiger partial charge in [0, 0.05) is 0 Å². The minimum atomic E-state index is 0.610. The van der Waals surface area contributed by atoms with Crippen molar-refractivity contribution in [2.75, 3.05) is 0 Å². The molecule has 0 heterocycles. The van der Waals surface area contributed by atoms with E-state index in [0.29, 0.717) is 5.41 Å². The van der Waals surface area contributed by atoms with Crippen LogP contribution in [0, 0.1) is 11.3 Å². The van der Waals surface area contributed by atoms with E-state index >= 15 is 0 Å². The molecule has 0 spiro atoms. The standard InChI is InChI=1S/C14H30/c1-6-10-11-13(8-3)14(5,9-4)12-7-2/h13H,6-12H2,1-5H3. The third-order valence-electron chi connectivity index (χ3n) is 4.01. The van der Waals surface area contributed by atoms with Crippen LogP contribution in [0.4, 0.5) is 0 Å². The van der Waals surface area contributed by atoms with E-state index in [9.17, 15) is 0 Å². The normalized spacial score (nSPS) is 17.8. The molecule has 0 N–H and O–H groups in total. The molecule has 0 aliphatic heterocycles. The molecule has 14 heavy (non-hydrogen) atoms. The molecule has 0 saturated heterocycles. The van der Waals surface area contributed by atoms with Gasteiger partial charge in [0.25, 0.3) is 0 Å². The molecule has 2 unspecified atom stereocenters. The van der Waals surface area contributed by atoms with Crippen LogP contribution < -0.4 is 0 Å². The van der Waals surface area contributed by atoms with Crippen LogP contribution in [-0.2, 0) is 0 Å². The zero-order valence-electron chi connectivity index (χ0n) is 11.0. The van der Waals surface area contributed by atoms with Gasteiger partial charge in [-0.1, -0.05) is 66.7 Å². The van der Waals surface area contributed by atoms with Crippen molar-refractivity contribution in [3.63, 3.8) is 0 Å². The fourth-order valence-electron chi connectivity index (χ4n) is 2.74. The molecule has 0 bridgehead atoms. The van der Waals surface area contributed by atoms with Crippen molar-refractivity contribution in [2.45, 2.75) is 79.6 Å². The molecule has 0 radical (unpaired) electrons. The molecule has 0 aromatic carbocycles. The summed E-state index contributed by atoms with van der Waals surface area (Å²) in [5, 5.41) is 0. The number of hydrogen-bond donors (Lipinski definition) is 0. The highest BCUT2D eigenvalue weighted by Crippen LogP contribution is 2.40. The molecule has 0 amide bonds. The number of rotatable bonds is 8. The summed E-state index contributed by atoms with van der Waals surface area (Å²) in [6.07, 6.45) is 9.67. The smallest absolute Gasteiger partial charge is 0.0300 e. The lowest BCUT2D eigenvalue weighted by Crippen LogP contribution is -2.26. The van der Waals surface area contributed by atoms with Crippen LogP contribution in [0.2, 0.25) is 0 Å². The minimum Gasteiger partial charge on any atom is -0.0654 e. The Morgan fingerprint density at radius 3 is 2.00 bits per heavy atom. The van der Waals surface area contributed by atoms with E-state index in [1.54, 1.807) is 0 Å². The van der Waals surface area contributed by atoms with Gasteiger partial charge in [0.2, 0.25) is 0 Å². The van der Waals surface area contributed by atoms with Crippen molar-refractivity contribution in [1.82, 2.24) is 0 Å². The van der Waals surface area contributed by atoms with Crippen molar-refractivity contribution >= 4 is 0 Å². The van der Waals surface area contributed by atoms with Gasteiger partial charge in [0.1, 0.15) is 0 Å². The van der Waals surface area contributed by atoms with Crippen LogP contribution >= 0.6 is 0 Å². The molecule has 2 atom stereocenters. The first kappa shape index (κ1) is 14.0. The molecule has 0 aliphatic carbocycles. The van der Waals surface area contributed by atoms with Gasteiger partial charge in [-0.3, -0.25) is 0 Å². The average molecular weight is 198 g/mol. The fourth-order valence-corrected chi connectivity index (χ4v) is 2.74. The summed E-state index contributed by atoms with van der Waals surface area (Å²) < 4.78 is 0. The number of unbranched alkanes of at least 4 members (excludes halogenated alkanes) is 1. The van der Waals surface area contributed by atoms with Gasteiger partial charge in [0.15, 0.2) is 0 Å². The summed E-state index contributed by atoms with van der Waals surface area (Å²) in [4.78, 5) is 0. The Kier molecular flexibility index (Phi) is 7.31. The molecule has 0 aliphatic rings. The van der Waals surface area contributed by atoms with Crippen molar-refractivity contribution in [1.29, 1.82) is 0 Å². The third-order valence-corrected chi connectivity index (χ3v) is 4.01. The maximum absolute atomic E-state index is 2.50. The molecule has 0 heteroatoms. The second-order valence-corrected chi connectivity index (χ2v) is 5.00. The van der Waals surface area contributed by atoms with Gasteiger partial charge in [-0.2, -0.15) is 0 Å². The Morgan fingerprint density at radius 1 is 1.00 bits per heavy atom. The first-order valence-electron chi connectivity index (χ1n) is 6.64. The summed E-state index contributed by atoms with van der Waals surface area (Å²) in [7, 11) is 0. The van der Waals surface area contributed by atoms with Crippen molar-refractivity contribution in [2.24, 2.45) is 11.3 Å². The van der Waals surface area contributed by atoms with E-state index in [4.69, 9.17) is 0 Å². The predicted molar refractivity (Wildman–Crippen MR) is 66.6 cm³/mol. The largest absolute Gasteiger partial charge is 0.0654 e. The number of hydrogen-bond acceptors (Lipinski definition) is 0. The Labute approximate surface area is 91.5 Å². The van der Waals surface area contributed by atoms with Gasteiger partial charge in [-0.15, -0.1) is 0 Å². The maximum atomic E-state index is 2.50. The van der Waals surface area contributed by atoms with Gasteiger partial charge >= 0.3 is 0 Å². The quantitative estimate of drug-likeness (QED) is 0.488. The van der Waals surface area contributed by atoms with Crippen LogP contribution in [0.3, 0.4) is 0 Å². The molecule has 0 saturated carbocycles. The van der Waals surface area contributed by atoms with Gasteiger partial charge in [0.05, 0.1) is 0 Å². The first-order valence-corrected chi connectivity index (χ1v) is 6.64. The molecule has 0 aromatic rings. The summed E-state index contributed by atoms with van der Waals surface area (Å²) in [6.45, 7) is 11.9. The van der Waals surface area contributed by atoms with Crippen LogP contribution in [0.15, 0.2) is 0 Å². The molecule has 0 rings (SSSR count). The Balaban J connectivity index is 4.26. The molecular formula is C14H30. The van der Waals surface area contributed by atoms with E-state index in [1.165, 1.54) is 44.9 Å². The Bertz CT molecular complexity index is 128. The van der Waals surface area contributed by atoms with E-state index in [1.807, 2.05) is 0 Å². The van der Waals surface area contributed by atoms with Crippen LogP contribution in [0.25, 0.3) is 0 Å². The Morgan fingerprint density at radius 2 is 1.64 bits per heavy atom. The fraction of sp³-hybridized carbons (Fsp3) is 1.00. The van der Waals surface area contributed by atoms with Gasteiger partial charge in [-0.25, -0.2) is 0 Å². The second kappa shape index (κ2) is 7.31. The van der Waals surface area contributed by atoms with Crippen LogP contribution in [0.1, 0.15) is 79.6 Å². The molecule has 0 aromatic heterocycles. The topological polar surface area (TPSA) is 0 Å². The van der Waals surface area contributed by atoms with E-state index in [2.05, 4.69) is 34.6 Å². The van der Waals surface area contributed by atoms with Crippen molar-refractivity contribution in [3.05, 3.63) is 0 Å². The molecule has 0 fully saturated rings. The minimum absolute atomic E-state index is 0.610.